The van der Waals surface area contributed by atoms with Gasteiger partial charge in [0.25, 0.3) is 0 Å². The summed E-state index contributed by atoms with van der Waals surface area (Å²) in [5.41, 5.74) is 2.28. The summed E-state index contributed by atoms with van der Waals surface area (Å²) >= 11 is 3.45. The van der Waals surface area contributed by atoms with Crippen LogP contribution in [0.3, 0.4) is 0 Å². The molecule has 0 bridgehead atoms. The Morgan fingerprint density at radius 1 is 1.20 bits per heavy atom. The fourth-order valence-electron chi connectivity index (χ4n) is 1.80. The first-order valence-electron chi connectivity index (χ1n) is 6.85. The molecule has 0 fully saturated rings. The summed E-state index contributed by atoms with van der Waals surface area (Å²) in [4.78, 5) is 3.27. The van der Waals surface area contributed by atoms with Crippen LogP contribution in [0.1, 0.15) is 0 Å². The Labute approximate surface area is 130 Å². The number of hydrogen-bond donors (Lipinski definition) is 1. The van der Waals surface area contributed by atoms with Crippen molar-refractivity contribution >= 4 is 24.0 Å². The first-order chi connectivity index (χ1) is 9.44. The molecule has 2 aromatic rings. The molecule has 1 aromatic carbocycles. The molecule has 3 nitrogen and oxygen atoms in total. The largest absolute Gasteiger partial charge is 0.342 e. The van der Waals surface area contributed by atoms with Gasteiger partial charge in [-0.15, -0.1) is 0 Å². The summed E-state index contributed by atoms with van der Waals surface area (Å²) in [5.74, 6) is 0. The Morgan fingerprint density at radius 3 is 2.55 bits per heavy atom. The lowest BCUT2D eigenvalue weighted by molar-refractivity contribution is -0.731. The van der Waals surface area contributed by atoms with E-state index in [1.807, 2.05) is 23.0 Å². The Bertz CT molecular complexity index is 546. The van der Waals surface area contributed by atoms with E-state index in [-0.39, 0.29) is 0 Å². The molecule has 0 amide bonds. The Balaban J connectivity index is 1.88. The van der Waals surface area contributed by atoms with Crippen LogP contribution in [0.25, 0.3) is 11.3 Å². The lowest BCUT2D eigenvalue weighted by Crippen LogP contribution is -2.33. The molecular formula is C15H22BrN2OSi+. The third-order valence-electron chi connectivity index (χ3n) is 3.07. The van der Waals surface area contributed by atoms with Crippen LogP contribution in [0.2, 0.25) is 25.7 Å². The van der Waals surface area contributed by atoms with Gasteiger partial charge in [0.05, 0.1) is 0 Å². The average Bonchev–Trinajstić information content (AvgIpc) is 2.83. The van der Waals surface area contributed by atoms with E-state index >= 15 is 0 Å². The van der Waals surface area contributed by atoms with E-state index in [1.165, 1.54) is 11.6 Å². The fourth-order valence-corrected chi connectivity index (χ4v) is 2.82. The minimum atomic E-state index is -0.995. The molecule has 0 aliphatic carbocycles. The van der Waals surface area contributed by atoms with Crippen molar-refractivity contribution in [1.82, 2.24) is 4.98 Å². The highest BCUT2D eigenvalue weighted by atomic mass is 79.9. The molecule has 0 radical (unpaired) electrons. The summed E-state index contributed by atoms with van der Waals surface area (Å²) in [7, 11) is -0.995. The van der Waals surface area contributed by atoms with E-state index < -0.39 is 8.07 Å². The molecule has 0 unspecified atom stereocenters. The van der Waals surface area contributed by atoms with Gasteiger partial charge in [-0.1, -0.05) is 35.6 Å². The van der Waals surface area contributed by atoms with Crippen LogP contribution in [0.15, 0.2) is 41.3 Å². The van der Waals surface area contributed by atoms with Crippen LogP contribution in [-0.4, -0.2) is 19.7 Å². The van der Waals surface area contributed by atoms with Crippen molar-refractivity contribution in [3.8, 4) is 11.3 Å². The second kappa shape index (κ2) is 6.69. The van der Waals surface area contributed by atoms with Crippen molar-refractivity contribution in [2.75, 3.05) is 6.61 Å². The van der Waals surface area contributed by atoms with E-state index in [1.54, 1.807) is 0 Å². The van der Waals surface area contributed by atoms with Gasteiger partial charge in [-0.3, -0.25) is 0 Å². The smallest absolute Gasteiger partial charge is 0.243 e. The van der Waals surface area contributed by atoms with Crippen molar-refractivity contribution in [2.45, 2.75) is 32.4 Å². The maximum absolute atomic E-state index is 5.73. The number of benzene rings is 1. The average molecular weight is 354 g/mol. The van der Waals surface area contributed by atoms with Crippen molar-refractivity contribution in [2.24, 2.45) is 0 Å². The van der Waals surface area contributed by atoms with Gasteiger partial charge in [-0.2, -0.15) is 0 Å². The van der Waals surface area contributed by atoms with E-state index in [0.717, 1.165) is 16.8 Å². The third-order valence-corrected chi connectivity index (χ3v) is 5.31. The standard InChI is InChI=1S/C15H21BrN2OSi/c1-20(2,3)9-8-19-12-18-10-15(17-11-18)13-4-6-14(16)7-5-13/h4-7,10-11H,8-9,12H2,1-3H3/p+1. The molecule has 1 N–H and O–H groups in total. The van der Waals surface area contributed by atoms with E-state index in [2.05, 4.69) is 58.9 Å². The molecule has 0 aliphatic rings. The first-order valence-corrected chi connectivity index (χ1v) is 11.4. The van der Waals surface area contributed by atoms with Gasteiger partial charge < -0.3 is 4.74 Å². The number of nitrogens with zero attached hydrogens (tertiary/aromatic N) is 1. The summed E-state index contributed by atoms with van der Waals surface area (Å²) in [5, 5.41) is 0. The summed E-state index contributed by atoms with van der Waals surface area (Å²) in [6.45, 7) is 8.56. The lowest BCUT2D eigenvalue weighted by atomic mass is 10.2. The maximum atomic E-state index is 5.73. The zero-order chi connectivity index (χ0) is 14.6. The Hall–Kier alpha value is -0.913. The molecule has 0 spiro atoms. The van der Waals surface area contributed by atoms with Gasteiger partial charge >= 0.3 is 0 Å². The van der Waals surface area contributed by atoms with E-state index in [4.69, 9.17) is 4.74 Å². The molecule has 0 saturated heterocycles. The highest BCUT2D eigenvalue weighted by molar-refractivity contribution is 9.10. The van der Waals surface area contributed by atoms with Crippen LogP contribution in [0, 0.1) is 0 Å². The zero-order valence-corrected chi connectivity index (χ0v) is 14.9. The molecule has 5 heteroatoms. The molecule has 108 valence electrons. The minimum Gasteiger partial charge on any atom is -0.342 e. The van der Waals surface area contributed by atoms with Gasteiger partial charge in [-0.25, -0.2) is 9.55 Å². The summed E-state index contributed by atoms with van der Waals surface area (Å²) in [6.07, 6.45) is 4.03. The number of rotatable bonds is 6. The molecule has 0 atom stereocenters. The van der Waals surface area contributed by atoms with Crippen LogP contribution in [0.4, 0.5) is 0 Å². The van der Waals surface area contributed by atoms with Gasteiger partial charge in [0, 0.05) is 24.7 Å². The van der Waals surface area contributed by atoms with Crippen molar-refractivity contribution in [1.29, 1.82) is 0 Å². The van der Waals surface area contributed by atoms with Gasteiger partial charge in [0.1, 0.15) is 6.20 Å². The van der Waals surface area contributed by atoms with Gasteiger partial charge in [0.15, 0.2) is 12.4 Å². The fraction of sp³-hybridized carbons (Fsp3) is 0.400. The van der Waals surface area contributed by atoms with Crippen LogP contribution < -0.4 is 4.57 Å². The Kier molecular flexibility index (Phi) is 5.18. The molecule has 0 saturated carbocycles. The minimum absolute atomic E-state index is 0.609. The molecule has 2 rings (SSSR count). The molecule has 0 aliphatic heterocycles. The first kappa shape index (κ1) is 15.5. The van der Waals surface area contributed by atoms with Crippen molar-refractivity contribution < 1.29 is 9.30 Å². The highest BCUT2D eigenvalue weighted by Crippen LogP contribution is 2.18. The molecule has 1 aromatic heterocycles. The predicted molar refractivity (Wildman–Crippen MR) is 88.2 cm³/mol. The SMILES string of the molecule is C[Si](C)(C)CCOC[n+]1c[nH]c(-c2ccc(Br)cc2)c1. The zero-order valence-electron chi connectivity index (χ0n) is 12.3. The molecule has 20 heavy (non-hydrogen) atoms. The number of H-pyrrole nitrogens is 1. The van der Waals surface area contributed by atoms with Crippen molar-refractivity contribution in [3.05, 3.63) is 41.3 Å². The quantitative estimate of drug-likeness (QED) is 0.473. The maximum Gasteiger partial charge on any atom is 0.243 e. The Morgan fingerprint density at radius 2 is 1.90 bits per heavy atom. The van der Waals surface area contributed by atoms with Gasteiger partial charge in [0.2, 0.25) is 6.33 Å². The second-order valence-electron chi connectivity index (χ2n) is 6.19. The second-order valence-corrected chi connectivity index (χ2v) is 12.7. The predicted octanol–water partition coefficient (Wildman–Crippen LogP) is 4.04. The summed E-state index contributed by atoms with van der Waals surface area (Å²) < 4.78 is 8.87. The third kappa shape index (κ3) is 4.88. The molecular weight excluding hydrogens is 332 g/mol. The normalized spacial score (nSPS) is 11.8. The monoisotopic (exact) mass is 353 g/mol. The van der Waals surface area contributed by atoms with Crippen LogP contribution >= 0.6 is 15.9 Å². The van der Waals surface area contributed by atoms with Crippen LogP contribution in [-0.2, 0) is 11.5 Å². The number of aromatic amines is 1. The van der Waals surface area contributed by atoms with E-state index in [0.29, 0.717) is 6.73 Å². The number of halogens is 1. The van der Waals surface area contributed by atoms with Gasteiger partial charge in [-0.05, 0) is 30.3 Å². The highest BCUT2D eigenvalue weighted by Gasteiger charge is 2.13. The number of imidazole rings is 1. The number of nitrogens with one attached hydrogen (secondary N) is 1. The molecule has 1 heterocycles. The number of aromatic nitrogens is 2. The lowest BCUT2D eigenvalue weighted by Gasteiger charge is -2.14. The van der Waals surface area contributed by atoms with Crippen molar-refractivity contribution in [3.63, 3.8) is 0 Å². The van der Waals surface area contributed by atoms with E-state index in [9.17, 15) is 0 Å². The number of ether oxygens (including phenoxy) is 1. The number of hydrogen-bond acceptors (Lipinski definition) is 1. The summed E-state index contributed by atoms with van der Waals surface area (Å²) in [6, 6.07) is 9.48. The van der Waals surface area contributed by atoms with Crippen LogP contribution in [0.5, 0.6) is 0 Å². The topological polar surface area (TPSA) is 28.9 Å².